The molecule has 0 amide bonds. The quantitative estimate of drug-likeness (QED) is 0.175. The lowest BCUT2D eigenvalue weighted by Gasteiger charge is -2.42. The molecule has 9 aromatic rings. The highest BCUT2D eigenvalue weighted by Gasteiger charge is 2.38. The molecule has 0 bridgehead atoms. The first-order chi connectivity index (χ1) is 27.9. The average Bonchev–Trinajstić information content (AvgIpc) is 3.59. The van der Waals surface area contributed by atoms with E-state index in [2.05, 4.69) is 108 Å². The van der Waals surface area contributed by atoms with Crippen molar-refractivity contribution in [3.63, 3.8) is 0 Å². The highest BCUT2D eigenvalue weighted by Crippen LogP contribution is 2.53. The van der Waals surface area contributed by atoms with Crippen molar-refractivity contribution in [3.05, 3.63) is 186 Å². The van der Waals surface area contributed by atoms with Crippen molar-refractivity contribution in [3.8, 4) is 52.0 Å². The maximum absolute atomic E-state index is 10.9. The van der Waals surface area contributed by atoms with Crippen molar-refractivity contribution >= 4 is 38.9 Å². The zero-order valence-electron chi connectivity index (χ0n) is 31.2. The fourth-order valence-corrected chi connectivity index (χ4v) is 8.37. The molecular weight excluding hydrogens is 699 g/mol. The van der Waals surface area contributed by atoms with Crippen LogP contribution in [0.3, 0.4) is 0 Å². The van der Waals surface area contributed by atoms with Gasteiger partial charge in [0.15, 0.2) is 17.5 Å². The molecule has 3 heterocycles. The summed E-state index contributed by atoms with van der Waals surface area (Å²) in [5.41, 5.74) is 10.5. The average molecular weight is 732 g/mol. The van der Waals surface area contributed by atoms with Crippen LogP contribution in [0.15, 0.2) is 164 Å². The second kappa shape index (κ2) is 13.2. The van der Waals surface area contributed by atoms with E-state index in [1.807, 2.05) is 78.9 Å². The third kappa shape index (κ3) is 5.37. The monoisotopic (exact) mass is 731 g/mol. The van der Waals surface area contributed by atoms with E-state index >= 15 is 0 Å². The minimum Gasteiger partial charge on any atom is -0.310 e. The molecule has 1 aliphatic rings. The Labute approximate surface area is 330 Å². The van der Waals surface area contributed by atoms with Crippen LogP contribution in [0, 0.1) is 22.7 Å². The Bertz CT molecular complexity index is 3020. The van der Waals surface area contributed by atoms with Crippen molar-refractivity contribution in [2.24, 2.45) is 0 Å². The van der Waals surface area contributed by atoms with Gasteiger partial charge >= 0.3 is 0 Å². The Morgan fingerprint density at radius 1 is 0.474 bits per heavy atom. The van der Waals surface area contributed by atoms with Gasteiger partial charge in [0.2, 0.25) is 0 Å². The lowest BCUT2D eigenvalue weighted by atomic mass is 9.73. The summed E-state index contributed by atoms with van der Waals surface area (Å²) >= 11 is 0. The first-order valence-electron chi connectivity index (χ1n) is 18.8. The van der Waals surface area contributed by atoms with Gasteiger partial charge in [-0.05, 0) is 59.7 Å². The molecule has 0 saturated carbocycles. The van der Waals surface area contributed by atoms with Crippen molar-refractivity contribution in [2.75, 3.05) is 4.90 Å². The molecule has 1 aliphatic heterocycles. The number of hydrogen-bond donors (Lipinski definition) is 0. The smallest absolute Gasteiger partial charge is 0.164 e. The molecule has 7 heteroatoms. The summed E-state index contributed by atoms with van der Waals surface area (Å²) in [7, 11) is 0. The van der Waals surface area contributed by atoms with Crippen LogP contribution >= 0.6 is 0 Å². The summed E-state index contributed by atoms with van der Waals surface area (Å²) < 4.78 is 2.08. The van der Waals surface area contributed by atoms with E-state index in [-0.39, 0.29) is 5.41 Å². The van der Waals surface area contributed by atoms with Crippen molar-refractivity contribution in [1.29, 1.82) is 10.5 Å². The van der Waals surface area contributed by atoms with Gasteiger partial charge in [0, 0.05) is 38.6 Å². The number of fused-ring (bicyclic) bond motifs is 5. The molecule has 0 unspecified atom stereocenters. The summed E-state index contributed by atoms with van der Waals surface area (Å²) in [6.07, 6.45) is 0. The van der Waals surface area contributed by atoms with Gasteiger partial charge in [-0.2, -0.15) is 10.5 Å². The maximum Gasteiger partial charge on any atom is 0.164 e. The molecular formula is C50H33N7. The van der Waals surface area contributed by atoms with Gasteiger partial charge in [0.25, 0.3) is 0 Å². The van der Waals surface area contributed by atoms with Crippen molar-refractivity contribution in [2.45, 2.75) is 19.3 Å². The zero-order valence-corrected chi connectivity index (χ0v) is 31.2. The van der Waals surface area contributed by atoms with E-state index < -0.39 is 0 Å². The normalized spacial score (nSPS) is 12.8. The van der Waals surface area contributed by atoms with Crippen LogP contribution in [0.4, 0.5) is 17.1 Å². The van der Waals surface area contributed by atoms with Crippen LogP contribution in [-0.2, 0) is 5.41 Å². The number of para-hydroxylation sites is 3. The number of anilines is 3. The molecule has 7 aromatic carbocycles. The molecule has 268 valence electrons. The highest BCUT2D eigenvalue weighted by molar-refractivity contribution is 6.12. The van der Waals surface area contributed by atoms with E-state index in [4.69, 9.17) is 15.0 Å². The van der Waals surface area contributed by atoms with E-state index in [9.17, 15) is 10.5 Å². The number of nitrogens with zero attached hydrogens (tertiary/aromatic N) is 7. The predicted molar refractivity (Wildman–Crippen MR) is 227 cm³/mol. The molecule has 57 heavy (non-hydrogen) atoms. The second-order valence-electron chi connectivity index (χ2n) is 14.7. The lowest BCUT2D eigenvalue weighted by Crippen LogP contribution is -2.30. The Morgan fingerprint density at radius 3 is 1.61 bits per heavy atom. The SMILES string of the molecule is CC1(C)c2ccccc2N(c2ccccc2)c2cc3c(cc21)c1ccccc1n3-c1c(C#N)cc(-c2nc(-c3ccccc3)nc(-c3ccccc3)n2)cc1C#N. The molecule has 0 N–H and O–H groups in total. The molecule has 0 saturated heterocycles. The van der Waals surface area contributed by atoms with Crippen LogP contribution < -0.4 is 4.90 Å². The maximum atomic E-state index is 10.9. The second-order valence-corrected chi connectivity index (χ2v) is 14.7. The van der Waals surface area contributed by atoms with Crippen LogP contribution in [0.5, 0.6) is 0 Å². The van der Waals surface area contributed by atoms with E-state index in [0.29, 0.717) is 39.9 Å². The van der Waals surface area contributed by atoms with E-state index in [1.165, 1.54) is 11.1 Å². The van der Waals surface area contributed by atoms with Crippen molar-refractivity contribution in [1.82, 2.24) is 19.5 Å². The molecule has 2 aromatic heterocycles. The summed E-state index contributed by atoms with van der Waals surface area (Å²) in [5.74, 6) is 1.37. The predicted octanol–water partition coefficient (Wildman–Crippen LogP) is 11.8. The van der Waals surface area contributed by atoms with Gasteiger partial charge in [-0.3, -0.25) is 0 Å². The van der Waals surface area contributed by atoms with Crippen molar-refractivity contribution < 1.29 is 0 Å². The van der Waals surface area contributed by atoms with E-state index in [0.717, 1.165) is 50.0 Å². The number of nitriles is 2. The fourth-order valence-electron chi connectivity index (χ4n) is 8.37. The number of aromatic nitrogens is 4. The Kier molecular flexibility index (Phi) is 7.78. The van der Waals surface area contributed by atoms with E-state index in [1.54, 1.807) is 12.1 Å². The summed E-state index contributed by atoms with van der Waals surface area (Å²) in [4.78, 5) is 17.0. The fraction of sp³-hybridized carbons (Fsp3) is 0.0600. The minimum absolute atomic E-state index is 0.312. The Balaban J connectivity index is 1.23. The standard InChI is InChI=1S/C50H33N7/c1-50(2)40-23-13-15-25-43(40)56(37-20-10-5-11-21-37)45-29-44-39(28-41(45)50)38-22-12-14-24-42(38)57(44)46-35(30-51)26-34(27-36(46)31-52)49-54-47(32-16-6-3-7-17-32)53-48(55-49)33-18-8-4-9-19-33/h3-29H,1-2H3. The third-order valence-corrected chi connectivity index (χ3v) is 11.1. The Hall–Kier alpha value is -7.87. The largest absolute Gasteiger partial charge is 0.310 e. The molecule has 7 nitrogen and oxygen atoms in total. The highest BCUT2D eigenvalue weighted by atomic mass is 15.2. The van der Waals surface area contributed by atoms with Gasteiger partial charge in [-0.15, -0.1) is 0 Å². The van der Waals surface area contributed by atoms with Gasteiger partial charge in [0.05, 0.1) is 39.2 Å². The van der Waals surface area contributed by atoms with Gasteiger partial charge < -0.3 is 9.47 Å². The van der Waals surface area contributed by atoms with Gasteiger partial charge in [0.1, 0.15) is 12.1 Å². The topological polar surface area (TPSA) is 94.4 Å². The molecule has 0 spiro atoms. The molecule has 0 fully saturated rings. The number of benzene rings is 7. The molecule has 0 radical (unpaired) electrons. The van der Waals surface area contributed by atoms with Crippen LogP contribution in [-0.4, -0.2) is 19.5 Å². The zero-order chi connectivity index (χ0) is 38.7. The Morgan fingerprint density at radius 2 is 1.00 bits per heavy atom. The molecule has 0 atom stereocenters. The first-order valence-corrected chi connectivity index (χ1v) is 18.8. The number of hydrogen-bond acceptors (Lipinski definition) is 6. The summed E-state index contributed by atoms with van der Waals surface area (Å²) in [6, 6.07) is 59.8. The minimum atomic E-state index is -0.312. The van der Waals surface area contributed by atoms with Gasteiger partial charge in [-0.1, -0.05) is 129 Å². The molecule has 10 rings (SSSR count). The first kappa shape index (κ1) is 33.7. The lowest BCUT2D eigenvalue weighted by molar-refractivity contribution is 0.633. The third-order valence-electron chi connectivity index (χ3n) is 11.1. The van der Waals surface area contributed by atoms with Crippen LogP contribution in [0.2, 0.25) is 0 Å². The van der Waals surface area contributed by atoms with Crippen LogP contribution in [0.1, 0.15) is 36.1 Å². The number of rotatable bonds is 5. The summed E-state index contributed by atoms with van der Waals surface area (Å²) in [6.45, 7) is 4.57. The molecule has 0 aliphatic carbocycles. The van der Waals surface area contributed by atoms with Gasteiger partial charge in [-0.25, -0.2) is 15.0 Å². The summed E-state index contributed by atoms with van der Waals surface area (Å²) in [5, 5.41) is 24.0. The van der Waals surface area contributed by atoms with Crippen LogP contribution in [0.25, 0.3) is 61.7 Å².